The summed E-state index contributed by atoms with van der Waals surface area (Å²) in [5, 5.41) is 7.31. The van der Waals surface area contributed by atoms with Gasteiger partial charge >= 0.3 is 0 Å². The minimum Gasteiger partial charge on any atom is -0.354 e. The van der Waals surface area contributed by atoms with Gasteiger partial charge in [0.05, 0.1) is 25.7 Å². The molecule has 0 fully saturated rings. The van der Waals surface area contributed by atoms with Crippen molar-refractivity contribution in [2.45, 2.75) is 19.5 Å². The summed E-state index contributed by atoms with van der Waals surface area (Å²) in [6.45, 7) is 0.827. The summed E-state index contributed by atoms with van der Waals surface area (Å²) in [5.41, 5.74) is 1.50. The first-order chi connectivity index (χ1) is 15.0. The van der Waals surface area contributed by atoms with Crippen molar-refractivity contribution in [3.05, 3.63) is 94.2 Å². The SMILES string of the molecule is O=C(Cc1ccc(F)cc1)NCCn1ncc2c(=O)n(Cc3cccc(F)c3)cnc21. The fraction of sp³-hybridized carbons (Fsp3) is 0.182. The Balaban J connectivity index is 1.40. The van der Waals surface area contributed by atoms with Crippen LogP contribution < -0.4 is 10.9 Å². The van der Waals surface area contributed by atoms with Crippen molar-refractivity contribution in [3.63, 3.8) is 0 Å². The molecule has 1 amide bonds. The normalized spacial score (nSPS) is 11.0. The molecule has 4 rings (SSSR count). The third kappa shape index (κ3) is 4.82. The van der Waals surface area contributed by atoms with E-state index < -0.39 is 0 Å². The van der Waals surface area contributed by atoms with Gasteiger partial charge in [-0.1, -0.05) is 24.3 Å². The van der Waals surface area contributed by atoms with Crippen molar-refractivity contribution in [1.82, 2.24) is 24.6 Å². The number of amides is 1. The number of aromatic nitrogens is 4. The maximum absolute atomic E-state index is 13.4. The van der Waals surface area contributed by atoms with Crippen molar-refractivity contribution < 1.29 is 13.6 Å². The first kappa shape index (κ1) is 20.4. The van der Waals surface area contributed by atoms with Gasteiger partial charge in [-0.05, 0) is 35.4 Å². The van der Waals surface area contributed by atoms with Crippen molar-refractivity contribution in [3.8, 4) is 0 Å². The number of nitrogens with one attached hydrogen (secondary N) is 1. The Morgan fingerprint density at radius 3 is 2.61 bits per heavy atom. The van der Waals surface area contributed by atoms with E-state index in [0.717, 1.165) is 0 Å². The van der Waals surface area contributed by atoms with Gasteiger partial charge in [-0.3, -0.25) is 14.2 Å². The fourth-order valence-electron chi connectivity index (χ4n) is 3.26. The van der Waals surface area contributed by atoms with E-state index in [-0.39, 0.29) is 36.1 Å². The average molecular weight is 423 g/mol. The van der Waals surface area contributed by atoms with E-state index in [1.807, 2.05) is 0 Å². The number of carbonyl (C=O) groups is 1. The monoisotopic (exact) mass is 423 g/mol. The first-order valence-corrected chi connectivity index (χ1v) is 9.66. The molecule has 4 aromatic rings. The summed E-state index contributed by atoms with van der Waals surface area (Å²) in [5.74, 6) is -0.917. The number of benzene rings is 2. The Hall–Kier alpha value is -3.88. The number of hydrogen-bond donors (Lipinski definition) is 1. The van der Waals surface area contributed by atoms with Gasteiger partial charge in [0.25, 0.3) is 5.56 Å². The zero-order valence-corrected chi connectivity index (χ0v) is 16.5. The minimum atomic E-state index is -0.367. The second-order valence-corrected chi connectivity index (χ2v) is 7.07. The topological polar surface area (TPSA) is 81.8 Å². The summed E-state index contributed by atoms with van der Waals surface area (Å²) < 4.78 is 29.3. The highest BCUT2D eigenvalue weighted by atomic mass is 19.1. The number of carbonyl (C=O) groups excluding carboxylic acids is 1. The summed E-state index contributed by atoms with van der Waals surface area (Å²) in [4.78, 5) is 29.1. The van der Waals surface area contributed by atoms with Crippen LogP contribution in [0, 0.1) is 11.6 Å². The molecule has 2 heterocycles. The molecule has 2 aromatic heterocycles. The van der Waals surface area contributed by atoms with Crippen LogP contribution in [0.15, 0.2) is 65.8 Å². The molecular formula is C22H19F2N5O2. The van der Waals surface area contributed by atoms with Crippen molar-refractivity contribution >= 4 is 16.9 Å². The molecule has 158 valence electrons. The number of halogens is 2. The highest BCUT2D eigenvalue weighted by Gasteiger charge is 2.11. The Morgan fingerprint density at radius 1 is 1.03 bits per heavy atom. The van der Waals surface area contributed by atoms with Gasteiger partial charge in [0.15, 0.2) is 5.65 Å². The molecule has 0 bridgehead atoms. The molecule has 9 heteroatoms. The molecule has 0 radical (unpaired) electrons. The zero-order valence-electron chi connectivity index (χ0n) is 16.5. The zero-order chi connectivity index (χ0) is 21.8. The van der Waals surface area contributed by atoms with Crippen LogP contribution in [0.1, 0.15) is 11.1 Å². The van der Waals surface area contributed by atoms with Crippen LogP contribution in [0.4, 0.5) is 8.78 Å². The second kappa shape index (κ2) is 8.86. The van der Waals surface area contributed by atoms with Crippen LogP contribution in [0.5, 0.6) is 0 Å². The van der Waals surface area contributed by atoms with E-state index in [1.54, 1.807) is 28.9 Å². The molecule has 0 spiro atoms. The highest BCUT2D eigenvalue weighted by Crippen LogP contribution is 2.08. The van der Waals surface area contributed by atoms with E-state index in [2.05, 4.69) is 15.4 Å². The Kier molecular flexibility index (Phi) is 5.83. The van der Waals surface area contributed by atoms with Gasteiger partial charge in [-0.25, -0.2) is 18.4 Å². The Bertz CT molecular complexity index is 1280. The lowest BCUT2D eigenvalue weighted by atomic mass is 10.1. The summed E-state index contributed by atoms with van der Waals surface area (Å²) in [7, 11) is 0. The van der Waals surface area contributed by atoms with Crippen LogP contribution >= 0.6 is 0 Å². The lowest BCUT2D eigenvalue weighted by Crippen LogP contribution is -2.29. The van der Waals surface area contributed by atoms with Gasteiger partial charge in [-0.2, -0.15) is 5.10 Å². The quantitative estimate of drug-likeness (QED) is 0.495. The third-order valence-corrected chi connectivity index (χ3v) is 4.79. The molecule has 0 aliphatic heterocycles. The van der Waals surface area contributed by atoms with Crippen LogP contribution in [-0.4, -0.2) is 31.8 Å². The smallest absolute Gasteiger partial charge is 0.264 e. The van der Waals surface area contributed by atoms with Crippen molar-refractivity contribution in [2.24, 2.45) is 0 Å². The lowest BCUT2D eigenvalue weighted by molar-refractivity contribution is -0.120. The van der Waals surface area contributed by atoms with Gasteiger partial charge in [-0.15, -0.1) is 0 Å². The van der Waals surface area contributed by atoms with Gasteiger partial charge in [0.2, 0.25) is 5.91 Å². The standard InChI is InChI=1S/C22H19F2N5O2/c23-17-6-4-15(5-7-17)11-20(30)25-8-9-29-21-19(12-27-29)22(31)28(14-26-21)13-16-2-1-3-18(24)10-16/h1-7,10,12,14H,8-9,11,13H2,(H,25,30). The highest BCUT2D eigenvalue weighted by molar-refractivity contribution is 5.78. The molecule has 0 atom stereocenters. The molecule has 2 aromatic carbocycles. The maximum atomic E-state index is 13.4. The first-order valence-electron chi connectivity index (χ1n) is 9.66. The summed E-state index contributed by atoms with van der Waals surface area (Å²) in [6, 6.07) is 11.8. The van der Waals surface area contributed by atoms with Crippen LogP contribution in [0.3, 0.4) is 0 Å². The molecule has 0 saturated carbocycles. The molecule has 0 aliphatic carbocycles. The number of rotatable bonds is 7. The molecule has 31 heavy (non-hydrogen) atoms. The maximum Gasteiger partial charge on any atom is 0.264 e. The van der Waals surface area contributed by atoms with E-state index in [0.29, 0.717) is 35.2 Å². The van der Waals surface area contributed by atoms with Crippen molar-refractivity contribution in [1.29, 1.82) is 0 Å². The average Bonchev–Trinajstić information content (AvgIpc) is 3.16. The minimum absolute atomic E-state index is 0.142. The molecule has 7 nitrogen and oxygen atoms in total. The van der Waals surface area contributed by atoms with E-state index >= 15 is 0 Å². The van der Waals surface area contributed by atoms with Crippen molar-refractivity contribution in [2.75, 3.05) is 6.54 Å². The lowest BCUT2D eigenvalue weighted by Gasteiger charge is -2.08. The molecule has 0 unspecified atom stereocenters. The number of nitrogens with zero attached hydrogens (tertiary/aromatic N) is 4. The van der Waals surface area contributed by atoms with E-state index in [4.69, 9.17) is 0 Å². The Morgan fingerprint density at radius 2 is 1.84 bits per heavy atom. The predicted octanol–water partition coefficient (Wildman–Crippen LogP) is 2.28. The molecule has 0 saturated heterocycles. The van der Waals surface area contributed by atoms with Crippen LogP contribution in [0.2, 0.25) is 0 Å². The van der Waals surface area contributed by atoms with Gasteiger partial charge in [0.1, 0.15) is 23.3 Å². The third-order valence-electron chi connectivity index (χ3n) is 4.79. The predicted molar refractivity (Wildman–Crippen MR) is 110 cm³/mol. The van der Waals surface area contributed by atoms with Gasteiger partial charge in [0, 0.05) is 6.54 Å². The van der Waals surface area contributed by atoms with Gasteiger partial charge < -0.3 is 5.32 Å². The number of fused-ring (bicyclic) bond motifs is 1. The largest absolute Gasteiger partial charge is 0.354 e. The van der Waals surface area contributed by atoms with Crippen LogP contribution in [-0.2, 0) is 24.3 Å². The van der Waals surface area contributed by atoms with E-state index in [1.165, 1.54) is 41.4 Å². The Labute approximate surface area is 176 Å². The number of hydrogen-bond acceptors (Lipinski definition) is 4. The second-order valence-electron chi connectivity index (χ2n) is 7.07. The molecule has 1 N–H and O–H groups in total. The molecule has 0 aliphatic rings. The van der Waals surface area contributed by atoms with E-state index in [9.17, 15) is 18.4 Å². The summed E-state index contributed by atoms with van der Waals surface area (Å²) >= 11 is 0. The fourth-order valence-corrected chi connectivity index (χ4v) is 3.26. The summed E-state index contributed by atoms with van der Waals surface area (Å²) in [6.07, 6.45) is 2.98. The van der Waals surface area contributed by atoms with Crippen LogP contribution in [0.25, 0.3) is 11.0 Å². The molecular weight excluding hydrogens is 404 g/mol.